The normalized spacial score (nSPS) is 18.3. The standard InChI is InChI=1S/C23H25ClN2O3/c1-23(2)22(28)26(14-16-7-3-6-10-18(16)24)19-13-15(11-12-20(19)29-23)21(27)25-17-8-4-5-9-17/h3,6-7,10-13,17H,4-5,8-9,14H2,1-2H3,(H,25,27). The maximum atomic E-state index is 13.1. The van der Waals surface area contributed by atoms with Crippen LogP contribution in [0.2, 0.25) is 5.02 Å². The minimum Gasteiger partial charge on any atom is -0.476 e. The van der Waals surface area contributed by atoms with E-state index in [-0.39, 0.29) is 17.9 Å². The van der Waals surface area contributed by atoms with E-state index in [9.17, 15) is 9.59 Å². The number of nitrogens with zero attached hydrogens (tertiary/aromatic N) is 1. The summed E-state index contributed by atoms with van der Waals surface area (Å²) in [4.78, 5) is 27.5. The molecule has 2 aliphatic rings. The summed E-state index contributed by atoms with van der Waals surface area (Å²) < 4.78 is 5.94. The fourth-order valence-electron chi connectivity index (χ4n) is 4.00. The topological polar surface area (TPSA) is 58.6 Å². The lowest BCUT2D eigenvalue weighted by Crippen LogP contribution is -2.52. The highest BCUT2D eigenvalue weighted by Crippen LogP contribution is 2.39. The van der Waals surface area contributed by atoms with Crippen molar-refractivity contribution < 1.29 is 14.3 Å². The Bertz CT molecular complexity index is 951. The number of anilines is 1. The molecule has 2 aromatic carbocycles. The molecule has 1 N–H and O–H groups in total. The summed E-state index contributed by atoms with van der Waals surface area (Å²) in [6.07, 6.45) is 4.34. The monoisotopic (exact) mass is 412 g/mol. The van der Waals surface area contributed by atoms with Crippen molar-refractivity contribution in [3.8, 4) is 5.75 Å². The quantitative estimate of drug-likeness (QED) is 0.790. The van der Waals surface area contributed by atoms with Gasteiger partial charge in [-0.1, -0.05) is 42.6 Å². The van der Waals surface area contributed by atoms with Gasteiger partial charge in [-0.2, -0.15) is 0 Å². The molecule has 4 rings (SSSR count). The molecular formula is C23H25ClN2O3. The van der Waals surface area contributed by atoms with Crippen molar-refractivity contribution in [3.05, 3.63) is 58.6 Å². The molecule has 0 radical (unpaired) electrons. The Labute approximate surface area is 176 Å². The van der Waals surface area contributed by atoms with Crippen molar-refractivity contribution in [3.63, 3.8) is 0 Å². The van der Waals surface area contributed by atoms with Crippen molar-refractivity contribution in [2.75, 3.05) is 4.90 Å². The lowest BCUT2D eigenvalue weighted by Gasteiger charge is -2.39. The van der Waals surface area contributed by atoms with Gasteiger partial charge in [0.25, 0.3) is 11.8 Å². The van der Waals surface area contributed by atoms with Crippen LogP contribution >= 0.6 is 11.6 Å². The van der Waals surface area contributed by atoms with E-state index in [2.05, 4.69) is 5.32 Å². The van der Waals surface area contributed by atoms with E-state index in [1.807, 2.05) is 18.2 Å². The van der Waals surface area contributed by atoms with Crippen LogP contribution < -0.4 is 15.0 Å². The molecule has 1 fully saturated rings. The van der Waals surface area contributed by atoms with E-state index < -0.39 is 5.60 Å². The summed E-state index contributed by atoms with van der Waals surface area (Å²) in [5.74, 6) is 0.298. The smallest absolute Gasteiger partial charge is 0.271 e. The van der Waals surface area contributed by atoms with Crippen LogP contribution in [0.15, 0.2) is 42.5 Å². The first-order valence-corrected chi connectivity index (χ1v) is 10.4. The van der Waals surface area contributed by atoms with Crippen LogP contribution in [0.5, 0.6) is 5.75 Å². The summed E-state index contributed by atoms with van der Waals surface area (Å²) in [6, 6.07) is 12.9. The molecule has 0 aromatic heterocycles. The molecule has 1 heterocycles. The van der Waals surface area contributed by atoms with Crippen LogP contribution in [0.3, 0.4) is 0 Å². The Morgan fingerprint density at radius 1 is 1.21 bits per heavy atom. The number of hydrogen-bond acceptors (Lipinski definition) is 3. The maximum Gasteiger partial charge on any atom is 0.271 e. The first-order chi connectivity index (χ1) is 13.8. The average molecular weight is 413 g/mol. The van der Waals surface area contributed by atoms with Crippen LogP contribution in [-0.2, 0) is 11.3 Å². The molecule has 2 aromatic rings. The number of carbonyl (C=O) groups excluding carboxylic acids is 2. The maximum absolute atomic E-state index is 13.1. The molecule has 0 bridgehead atoms. The van der Waals surface area contributed by atoms with Gasteiger partial charge >= 0.3 is 0 Å². The number of nitrogens with one attached hydrogen (secondary N) is 1. The van der Waals surface area contributed by atoms with Crippen molar-refractivity contribution >= 4 is 29.1 Å². The van der Waals surface area contributed by atoms with E-state index in [0.717, 1.165) is 31.2 Å². The number of fused-ring (bicyclic) bond motifs is 1. The van der Waals surface area contributed by atoms with Crippen LogP contribution in [0.1, 0.15) is 55.5 Å². The first kappa shape index (κ1) is 19.8. The Balaban J connectivity index is 1.67. The van der Waals surface area contributed by atoms with E-state index in [1.54, 1.807) is 43.0 Å². The van der Waals surface area contributed by atoms with E-state index in [4.69, 9.17) is 16.3 Å². The van der Waals surface area contributed by atoms with Gasteiger partial charge < -0.3 is 15.0 Å². The molecule has 0 unspecified atom stereocenters. The largest absolute Gasteiger partial charge is 0.476 e. The number of halogens is 1. The van der Waals surface area contributed by atoms with Gasteiger partial charge in [0.1, 0.15) is 5.75 Å². The summed E-state index contributed by atoms with van der Waals surface area (Å²) in [7, 11) is 0. The molecule has 0 atom stereocenters. The van der Waals surface area contributed by atoms with Gasteiger partial charge in [-0.15, -0.1) is 0 Å². The van der Waals surface area contributed by atoms with Crippen LogP contribution in [0, 0.1) is 0 Å². The van der Waals surface area contributed by atoms with Gasteiger partial charge in [0, 0.05) is 16.6 Å². The predicted octanol–water partition coefficient (Wildman–Crippen LogP) is 4.72. The summed E-state index contributed by atoms with van der Waals surface area (Å²) in [6.45, 7) is 3.81. The van der Waals surface area contributed by atoms with Gasteiger partial charge in [0.15, 0.2) is 5.60 Å². The predicted molar refractivity (Wildman–Crippen MR) is 114 cm³/mol. The van der Waals surface area contributed by atoms with Crippen molar-refractivity contribution in [2.45, 2.75) is 57.7 Å². The molecular weight excluding hydrogens is 388 g/mol. The summed E-state index contributed by atoms with van der Waals surface area (Å²) in [5.41, 5.74) is 0.957. The molecule has 1 saturated carbocycles. The highest BCUT2D eigenvalue weighted by Gasteiger charge is 2.41. The molecule has 152 valence electrons. The summed E-state index contributed by atoms with van der Waals surface area (Å²) in [5, 5.41) is 3.70. The third-order valence-corrected chi connectivity index (χ3v) is 5.98. The lowest BCUT2D eigenvalue weighted by atomic mass is 10.0. The number of benzene rings is 2. The third-order valence-electron chi connectivity index (χ3n) is 5.61. The SMILES string of the molecule is CC1(C)Oc2ccc(C(=O)NC3CCCC3)cc2N(Cc2ccccc2Cl)C1=O. The zero-order chi connectivity index (χ0) is 20.6. The Morgan fingerprint density at radius 2 is 1.93 bits per heavy atom. The van der Waals surface area contributed by atoms with Gasteiger partial charge in [-0.05, 0) is 56.5 Å². The van der Waals surface area contributed by atoms with Gasteiger partial charge in [-0.3, -0.25) is 9.59 Å². The Morgan fingerprint density at radius 3 is 2.66 bits per heavy atom. The van der Waals surface area contributed by atoms with E-state index in [1.165, 1.54) is 0 Å². The first-order valence-electron chi connectivity index (χ1n) is 10.0. The second-order valence-electron chi connectivity index (χ2n) is 8.23. The van der Waals surface area contributed by atoms with Crippen LogP contribution in [-0.4, -0.2) is 23.5 Å². The molecule has 2 amide bonds. The molecule has 1 aliphatic heterocycles. The van der Waals surface area contributed by atoms with E-state index in [0.29, 0.717) is 28.6 Å². The molecule has 1 aliphatic carbocycles. The fourth-order valence-corrected chi connectivity index (χ4v) is 4.20. The second kappa shape index (κ2) is 7.71. The summed E-state index contributed by atoms with van der Waals surface area (Å²) >= 11 is 6.33. The zero-order valence-corrected chi connectivity index (χ0v) is 17.5. The number of amides is 2. The van der Waals surface area contributed by atoms with Crippen molar-refractivity contribution in [1.82, 2.24) is 5.32 Å². The number of ether oxygens (including phenoxy) is 1. The minimum atomic E-state index is -0.998. The van der Waals surface area contributed by atoms with Crippen molar-refractivity contribution in [2.24, 2.45) is 0 Å². The minimum absolute atomic E-state index is 0.116. The Hall–Kier alpha value is -2.53. The van der Waals surface area contributed by atoms with E-state index >= 15 is 0 Å². The highest BCUT2D eigenvalue weighted by molar-refractivity contribution is 6.31. The molecule has 5 nitrogen and oxygen atoms in total. The molecule has 0 saturated heterocycles. The van der Waals surface area contributed by atoms with Gasteiger partial charge in [0.05, 0.1) is 12.2 Å². The average Bonchev–Trinajstić information content (AvgIpc) is 3.19. The van der Waals surface area contributed by atoms with Crippen LogP contribution in [0.4, 0.5) is 5.69 Å². The fraction of sp³-hybridized carbons (Fsp3) is 0.391. The second-order valence-corrected chi connectivity index (χ2v) is 8.64. The van der Waals surface area contributed by atoms with Crippen molar-refractivity contribution in [1.29, 1.82) is 0 Å². The third kappa shape index (κ3) is 3.97. The van der Waals surface area contributed by atoms with Gasteiger partial charge in [-0.25, -0.2) is 0 Å². The molecule has 29 heavy (non-hydrogen) atoms. The highest BCUT2D eigenvalue weighted by atomic mass is 35.5. The van der Waals surface area contributed by atoms with Crippen LogP contribution in [0.25, 0.3) is 0 Å². The Kier molecular flexibility index (Phi) is 5.26. The lowest BCUT2D eigenvalue weighted by molar-refractivity contribution is -0.132. The number of carbonyl (C=O) groups is 2. The zero-order valence-electron chi connectivity index (χ0n) is 16.7. The molecule has 0 spiro atoms. The number of rotatable bonds is 4. The number of hydrogen-bond donors (Lipinski definition) is 1. The van der Waals surface area contributed by atoms with Gasteiger partial charge in [0.2, 0.25) is 0 Å². The molecule has 6 heteroatoms.